The van der Waals surface area contributed by atoms with Crippen molar-refractivity contribution in [2.75, 3.05) is 19.8 Å². The summed E-state index contributed by atoms with van der Waals surface area (Å²) in [6.07, 6.45) is 5.54. The molecule has 0 bridgehead atoms. The summed E-state index contributed by atoms with van der Waals surface area (Å²) >= 11 is 0. The van der Waals surface area contributed by atoms with E-state index in [1.165, 1.54) is 0 Å². The van der Waals surface area contributed by atoms with Crippen LogP contribution < -0.4 is 14.2 Å². The largest absolute Gasteiger partial charge is 0.494 e. The average Bonchev–Trinajstić information content (AvgIpc) is 2.97. The van der Waals surface area contributed by atoms with Crippen molar-refractivity contribution in [3.05, 3.63) is 108 Å². The molecule has 0 unspecified atom stereocenters. The molecule has 0 amide bonds. The minimum Gasteiger partial charge on any atom is -0.494 e. The number of hydrogen-bond donors (Lipinski definition) is 0. The molecule has 4 aromatic rings. The molecule has 198 valence electrons. The van der Waals surface area contributed by atoms with Crippen LogP contribution in [-0.2, 0) is 0 Å². The average molecular weight is 520 g/mol. The van der Waals surface area contributed by atoms with Gasteiger partial charge in [-0.2, -0.15) is 0 Å². The minimum atomic E-state index is 0.634. The van der Waals surface area contributed by atoms with E-state index in [1.807, 2.05) is 130 Å². The Morgan fingerprint density at radius 3 is 0.923 bits per heavy atom. The number of benzene rings is 4. The summed E-state index contributed by atoms with van der Waals surface area (Å²) in [4.78, 5) is 14.0. The Labute approximate surface area is 230 Å². The van der Waals surface area contributed by atoms with Crippen molar-refractivity contribution in [2.24, 2.45) is 15.0 Å². The smallest absolute Gasteiger partial charge is 0.119 e. The summed E-state index contributed by atoms with van der Waals surface area (Å²) in [5, 5.41) is 0. The van der Waals surface area contributed by atoms with Gasteiger partial charge in [-0.1, -0.05) is 0 Å². The zero-order chi connectivity index (χ0) is 27.3. The third-order valence-corrected chi connectivity index (χ3v) is 5.53. The molecule has 0 aliphatic rings. The van der Waals surface area contributed by atoms with Crippen molar-refractivity contribution >= 4 is 35.7 Å². The topological polar surface area (TPSA) is 64.8 Å². The summed E-state index contributed by atoms with van der Waals surface area (Å²) in [6.45, 7) is 7.80. The first-order valence-corrected chi connectivity index (χ1v) is 13.1. The van der Waals surface area contributed by atoms with E-state index in [4.69, 9.17) is 14.2 Å². The molecular formula is C33H33N3O3. The highest BCUT2D eigenvalue weighted by Gasteiger charge is 2.00. The predicted molar refractivity (Wildman–Crippen MR) is 161 cm³/mol. The minimum absolute atomic E-state index is 0.634. The third-order valence-electron chi connectivity index (χ3n) is 5.53. The molecule has 6 heteroatoms. The van der Waals surface area contributed by atoms with Gasteiger partial charge in [-0.15, -0.1) is 0 Å². The highest BCUT2D eigenvalue weighted by Crippen LogP contribution is 2.21. The van der Waals surface area contributed by atoms with Crippen LogP contribution in [0.5, 0.6) is 17.2 Å². The van der Waals surface area contributed by atoms with Crippen LogP contribution in [0.1, 0.15) is 37.5 Å². The van der Waals surface area contributed by atoms with Gasteiger partial charge in [0.2, 0.25) is 0 Å². The Balaban J connectivity index is 1.58. The van der Waals surface area contributed by atoms with Crippen molar-refractivity contribution in [2.45, 2.75) is 20.8 Å². The van der Waals surface area contributed by atoms with Crippen molar-refractivity contribution in [3.63, 3.8) is 0 Å². The second-order valence-corrected chi connectivity index (χ2v) is 8.49. The molecular weight excluding hydrogens is 486 g/mol. The van der Waals surface area contributed by atoms with Crippen LogP contribution in [0.4, 0.5) is 17.1 Å². The Bertz CT molecular complexity index is 1220. The Kier molecular flexibility index (Phi) is 10.0. The second-order valence-electron chi connectivity index (χ2n) is 8.49. The Hall–Kier alpha value is -4.71. The van der Waals surface area contributed by atoms with Crippen LogP contribution in [0.3, 0.4) is 0 Å². The van der Waals surface area contributed by atoms with Gasteiger partial charge < -0.3 is 14.2 Å². The normalized spacial score (nSPS) is 11.5. The lowest BCUT2D eigenvalue weighted by Crippen LogP contribution is -1.92. The van der Waals surface area contributed by atoms with E-state index < -0.39 is 0 Å². The SMILES string of the molecule is CCOc1ccc(N=Cc2cc(C=Nc3ccc(OCC)cc3)cc(C=Nc3ccc(OCC)cc3)c2)cc1. The first-order valence-electron chi connectivity index (χ1n) is 13.1. The van der Waals surface area contributed by atoms with Crippen LogP contribution in [0.25, 0.3) is 0 Å². The summed E-state index contributed by atoms with van der Waals surface area (Å²) in [7, 11) is 0. The van der Waals surface area contributed by atoms with Gasteiger partial charge in [-0.3, -0.25) is 15.0 Å². The lowest BCUT2D eigenvalue weighted by atomic mass is 10.1. The molecule has 39 heavy (non-hydrogen) atoms. The molecule has 4 rings (SSSR count). The number of ether oxygens (including phenoxy) is 3. The zero-order valence-electron chi connectivity index (χ0n) is 22.6. The third kappa shape index (κ3) is 8.68. The standard InChI is InChI=1S/C33H33N3O3/c1-4-37-31-13-7-28(8-14-31)34-22-25-19-26(23-35-29-9-15-32(16-10-29)38-5-2)21-27(20-25)24-36-30-11-17-33(18-12-30)39-6-3/h7-24H,4-6H2,1-3H3. The van der Waals surface area contributed by atoms with E-state index in [2.05, 4.69) is 15.0 Å². The van der Waals surface area contributed by atoms with Gasteiger partial charge in [-0.05, 0) is 128 Å². The fourth-order valence-electron chi connectivity index (χ4n) is 3.76. The van der Waals surface area contributed by atoms with E-state index in [1.54, 1.807) is 0 Å². The molecule has 0 saturated carbocycles. The molecule has 0 saturated heterocycles. The molecule has 0 spiro atoms. The zero-order valence-corrected chi connectivity index (χ0v) is 22.6. The van der Waals surface area contributed by atoms with E-state index in [0.29, 0.717) is 19.8 Å². The van der Waals surface area contributed by atoms with Crippen LogP contribution in [0.15, 0.2) is 106 Å². The fraction of sp³-hybridized carbons (Fsp3) is 0.182. The van der Waals surface area contributed by atoms with Crippen LogP contribution in [0.2, 0.25) is 0 Å². The van der Waals surface area contributed by atoms with Crippen molar-refractivity contribution in [3.8, 4) is 17.2 Å². The van der Waals surface area contributed by atoms with Crippen LogP contribution >= 0.6 is 0 Å². The molecule has 4 aromatic carbocycles. The molecule has 0 fully saturated rings. The van der Waals surface area contributed by atoms with E-state index in [9.17, 15) is 0 Å². The summed E-state index contributed by atoms with van der Waals surface area (Å²) in [6, 6.07) is 29.3. The fourth-order valence-corrected chi connectivity index (χ4v) is 3.76. The number of aliphatic imine (C=N–C) groups is 3. The highest BCUT2D eigenvalue weighted by atomic mass is 16.5. The lowest BCUT2D eigenvalue weighted by molar-refractivity contribution is 0.340. The Morgan fingerprint density at radius 2 is 0.692 bits per heavy atom. The van der Waals surface area contributed by atoms with E-state index in [-0.39, 0.29) is 0 Å². The maximum atomic E-state index is 5.52. The molecule has 0 atom stereocenters. The van der Waals surface area contributed by atoms with Gasteiger partial charge in [0.15, 0.2) is 0 Å². The quantitative estimate of drug-likeness (QED) is 0.177. The van der Waals surface area contributed by atoms with Gasteiger partial charge in [0, 0.05) is 18.6 Å². The number of nitrogens with zero attached hydrogens (tertiary/aromatic N) is 3. The monoisotopic (exact) mass is 519 g/mol. The van der Waals surface area contributed by atoms with E-state index in [0.717, 1.165) is 51.0 Å². The summed E-state index contributed by atoms with van der Waals surface area (Å²) in [5.41, 5.74) is 5.34. The van der Waals surface area contributed by atoms with Crippen molar-refractivity contribution in [1.29, 1.82) is 0 Å². The molecule has 0 aliphatic heterocycles. The molecule has 0 N–H and O–H groups in total. The summed E-state index contributed by atoms with van der Waals surface area (Å²) < 4.78 is 16.6. The first-order chi connectivity index (χ1) is 19.1. The van der Waals surface area contributed by atoms with Gasteiger partial charge in [-0.25, -0.2) is 0 Å². The maximum absolute atomic E-state index is 5.52. The van der Waals surface area contributed by atoms with Crippen molar-refractivity contribution in [1.82, 2.24) is 0 Å². The summed E-state index contributed by atoms with van der Waals surface area (Å²) in [5.74, 6) is 2.49. The maximum Gasteiger partial charge on any atom is 0.119 e. The molecule has 0 aromatic heterocycles. The molecule has 6 nitrogen and oxygen atoms in total. The number of hydrogen-bond acceptors (Lipinski definition) is 6. The van der Waals surface area contributed by atoms with Gasteiger partial charge in [0.05, 0.1) is 36.9 Å². The van der Waals surface area contributed by atoms with Gasteiger partial charge in [0.1, 0.15) is 17.2 Å². The van der Waals surface area contributed by atoms with Crippen LogP contribution in [-0.4, -0.2) is 38.5 Å². The van der Waals surface area contributed by atoms with Crippen molar-refractivity contribution < 1.29 is 14.2 Å². The Morgan fingerprint density at radius 1 is 0.436 bits per heavy atom. The molecule has 0 radical (unpaired) electrons. The highest BCUT2D eigenvalue weighted by molar-refractivity contribution is 5.93. The molecule has 0 heterocycles. The van der Waals surface area contributed by atoms with Gasteiger partial charge in [0.25, 0.3) is 0 Å². The predicted octanol–water partition coefficient (Wildman–Crippen LogP) is 8.13. The first kappa shape index (κ1) is 27.3. The second kappa shape index (κ2) is 14.3. The lowest BCUT2D eigenvalue weighted by Gasteiger charge is -2.04. The van der Waals surface area contributed by atoms with Gasteiger partial charge >= 0.3 is 0 Å². The van der Waals surface area contributed by atoms with E-state index >= 15 is 0 Å². The molecule has 0 aliphatic carbocycles. The number of rotatable bonds is 12. The van der Waals surface area contributed by atoms with Crippen LogP contribution in [0, 0.1) is 0 Å².